The molecule has 0 aliphatic heterocycles. The van der Waals surface area contributed by atoms with Crippen molar-refractivity contribution in [3.8, 4) is 5.75 Å². The van der Waals surface area contributed by atoms with E-state index in [4.69, 9.17) is 0 Å². The summed E-state index contributed by atoms with van der Waals surface area (Å²) in [6, 6.07) is 5.29. The summed E-state index contributed by atoms with van der Waals surface area (Å²) in [5.74, 6) is -0.829. The minimum Gasteiger partial charge on any atom is -0.406 e. The van der Waals surface area contributed by atoms with Gasteiger partial charge in [0.15, 0.2) is 0 Å². The van der Waals surface area contributed by atoms with Gasteiger partial charge in [-0.3, -0.25) is 10.1 Å². The molecule has 0 aliphatic rings. The Morgan fingerprint density at radius 2 is 2.14 bits per heavy atom. The number of benzene rings is 1. The van der Waals surface area contributed by atoms with Gasteiger partial charge < -0.3 is 9.72 Å². The van der Waals surface area contributed by atoms with Gasteiger partial charge in [-0.25, -0.2) is 0 Å². The van der Waals surface area contributed by atoms with Crippen LogP contribution in [0.15, 0.2) is 29.8 Å². The van der Waals surface area contributed by atoms with Crippen molar-refractivity contribution in [2.24, 2.45) is 0 Å². The van der Waals surface area contributed by atoms with Crippen LogP contribution in [0.4, 0.5) is 18.3 Å². The van der Waals surface area contributed by atoms with E-state index in [1.54, 1.807) is 0 Å². The number of halogens is 3. The molecule has 0 saturated heterocycles. The third kappa shape index (κ3) is 3.17. The lowest BCUT2D eigenvalue weighted by Crippen LogP contribution is -2.16. The minimum atomic E-state index is -4.77. The first-order valence-corrected chi connectivity index (χ1v) is 6.75. The van der Waals surface area contributed by atoms with Crippen molar-refractivity contribution in [3.63, 3.8) is 0 Å². The monoisotopic (exact) mass is 328 g/mol. The molecule has 3 aromatic rings. The van der Waals surface area contributed by atoms with E-state index in [1.807, 2.05) is 0 Å². The van der Waals surface area contributed by atoms with Gasteiger partial charge in [0.1, 0.15) is 17.0 Å². The molecule has 0 aliphatic carbocycles. The van der Waals surface area contributed by atoms with Crippen molar-refractivity contribution in [2.75, 3.05) is 5.32 Å². The Balaban J connectivity index is 1.84. The van der Waals surface area contributed by atoms with Crippen LogP contribution in [0.25, 0.3) is 10.9 Å². The van der Waals surface area contributed by atoms with E-state index in [1.165, 1.54) is 29.8 Å². The fraction of sp³-hybridized carbons (Fsp3) is 0.0833. The maximum Gasteiger partial charge on any atom is 0.573 e. The van der Waals surface area contributed by atoms with Crippen LogP contribution in [0.3, 0.4) is 0 Å². The van der Waals surface area contributed by atoms with Crippen LogP contribution in [-0.2, 0) is 0 Å². The summed E-state index contributed by atoms with van der Waals surface area (Å²) in [4.78, 5) is 14.7. The zero-order valence-electron chi connectivity index (χ0n) is 10.6. The van der Waals surface area contributed by atoms with Gasteiger partial charge in [-0.2, -0.15) is 0 Å². The van der Waals surface area contributed by atoms with Gasteiger partial charge in [-0.05, 0) is 18.2 Å². The molecule has 0 saturated carbocycles. The number of carbonyl (C=O) groups is 1. The fourth-order valence-corrected chi connectivity index (χ4v) is 2.26. The number of amides is 1. The molecular weight excluding hydrogens is 321 g/mol. The van der Waals surface area contributed by atoms with Crippen LogP contribution in [0.1, 0.15) is 10.5 Å². The lowest BCUT2D eigenvalue weighted by molar-refractivity contribution is -0.274. The Bertz CT molecular complexity index is 814. The van der Waals surface area contributed by atoms with Crippen molar-refractivity contribution in [2.45, 2.75) is 6.36 Å². The van der Waals surface area contributed by atoms with Crippen LogP contribution in [0.2, 0.25) is 0 Å². The molecule has 0 spiro atoms. The first-order valence-electron chi connectivity index (χ1n) is 5.87. The molecule has 0 radical (unpaired) electrons. The maximum atomic E-state index is 12.2. The van der Waals surface area contributed by atoms with Gasteiger partial charge in [0.05, 0.1) is 0 Å². The van der Waals surface area contributed by atoms with E-state index in [0.29, 0.717) is 16.0 Å². The summed E-state index contributed by atoms with van der Waals surface area (Å²) in [7, 11) is 0. The van der Waals surface area contributed by atoms with E-state index in [9.17, 15) is 18.0 Å². The predicted octanol–water partition coefficient (Wildman–Crippen LogP) is 3.17. The van der Waals surface area contributed by atoms with Gasteiger partial charge in [-0.15, -0.1) is 23.4 Å². The molecule has 22 heavy (non-hydrogen) atoms. The number of aromatic amines is 1. The summed E-state index contributed by atoms with van der Waals surface area (Å²) in [5.41, 5.74) is 2.00. The molecule has 2 heterocycles. The van der Waals surface area contributed by atoms with Crippen molar-refractivity contribution in [1.82, 2.24) is 15.2 Å². The van der Waals surface area contributed by atoms with Crippen molar-refractivity contribution in [3.05, 3.63) is 35.5 Å². The van der Waals surface area contributed by atoms with E-state index in [2.05, 4.69) is 25.2 Å². The highest BCUT2D eigenvalue weighted by atomic mass is 32.1. The predicted molar refractivity (Wildman–Crippen MR) is 72.8 cm³/mol. The molecule has 0 atom stereocenters. The zero-order chi connectivity index (χ0) is 15.7. The standard InChI is InChI=1S/C12H7F3N4O2S/c13-12(14,15)21-7-2-1-6-3-9(17-8(6)4-7)10(20)18-11-19-16-5-22-11/h1-5,17H,(H,18,19,20). The van der Waals surface area contributed by atoms with Gasteiger partial charge >= 0.3 is 6.36 Å². The lowest BCUT2D eigenvalue weighted by atomic mass is 10.2. The first kappa shape index (κ1) is 14.3. The van der Waals surface area contributed by atoms with Crippen LogP contribution in [0.5, 0.6) is 5.75 Å². The number of ether oxygens (including phenoxy) is 1. The number of carbonyl (C=O) groups excluding carboxylic acids is 1. The number of H-pyrrole nitrogens is 1. The summed E-state index contributed by atoms with van der Waals surface area (Å²) < 4.78 is 40.4. The minimum absolute atomic E-state index is 0.189. The van der Waals surface area contributed by atoms with E-state index < -0.39 is 12.3 Å². The summed E-state index contributed by atoms with van der Waals surface area (Å²) in [5, 5.41) is 10.7. The van der Waals surface area contributed by atoms with Crippen LogP contribution >= 0.6 is 11.3 Å². The quantitative estimate of drug-likeness (QED) is 0.774. The van der Waals surface area contributed by atoms with Crippen LogP contribution in [0, 0.1) is 0 Å². The zero-order valence-corrected chi connectivity index (χ0v) is 11.5. The second kappa shape index (κ2) is 5.30. The summed E-state index contributed by atoms with van der Waals surface area (Å²) in [6.45, 7) is 0. The molecule has 2 N–H and O–H groups in total. The van der Waals surface area contributed by atoms with Gasteiger partial charge in [0, 0.05) is 17.0 Å². The van der Waals surface area contributed by atoms with E-state index in [0.717, 1.165) is 11.3 Å². The van der Waals surface area contributed by atoms with Crippen molar-refractivity contribution in [1.29, 1.82) is 0 Å². The molecule has 0 bridgehead atoms. The van der Waals surface area contributed by atoms with Crippen LogP contribution < -0.4 is 10.1 Å². The maximum absolute atomic E-state index is 12.2. The average Bonchev–Trinajstić information content (AvgIpc) is 3.04. The lowest BCUT2D eigenvalue weighted by Gasteiger charge is -2.08. The first-order chi connectivity index (χ1) is 10.4. The Kier molecular flexibility index (Phi) is 3.45. The highest BCUT2D eigenvalue weighted by molar-refractivity contribution is 7.13. The number of nitrogens with one attached hydrogen (secondary N) is 2. The molecule has 6 nitrogen and oxygen atoms in total. The number of hydrogen-bond acceptors (Lipinski definition) is 5. The smallest absolute Gasteiger partial charge is 0.406 e. The highest BCUT2D eigenvalue weighted by Gasteiger charge is 2.31. The number of fused-ring (bicyclic) bond motifs is 1. The third-order valence-electron chi connectivity index (χ3n) is 2.65. The van der Waals surface area contributed by atoms with Gasteiger partial charge in [0.25, 0.3) is 5.91 Å². The van der Waals surface area contributed by atoms with Gasteiger partial charge in [0.2, 0.25) is 5.13 Å². The molecule has 10 heteroatoms. The van der Waals surface area contributed by atoms with E-state index in [-0.39, 0.29) is 11.4 Å². The largest absolute Gasteiger partial charge is 0.573 e. The van der Waals surface area contributed by atoms with Crippen LogP contribution in [-0.4, -0.2) is 27.5 Å². The Hall–Kier alpha value is -2.62. The molecule has 0 unspecified atom stereocenters. The number of alkyl halides is 3. The SMILES string of the molecule is O=C(Nc1nncs1)c1cc2ccc(OC(F)(F)F)cc2[nH]1. The summed E-state index contributed by atoms with van der Waals surface area (Å²) in [6.07, 6.45) is -4.77. The second-order valence-electron chi connectivity index (χ2n) is 4.18. The molecule has 1 aromatic carbocycles. The molecular formula is C12H7F3N4O2S. The van der Waals surface area contributed by atoms with Gasteiger partial charge in [-0.1, -0.05) is 11.3 Å². The molecule has 3 rings (SSSR count). The summed E-state index contributed by atoms with van der Waals surface area (Å²) >= 11 is 1.15. The second-order valence-corrected chi connectivity index (χ2v) is 5.01. The molecule has 1 amide bonds. The average molecular weight is 328 g/mol. The third-order valence-corrected chi connectivity index (χ3v) is 3.26. The Labute approximate surface area is 124 Å². The van der Waals surface area contributed by atoms with E-state index >= 15 is 0 Å². The topological polar surface area (TPSA) is 79.9 Å². The normalized spacial score (nSPS) is 11.6. The van der Waals surface area contributed by atoms with Crippen molar-refractivity contribution < 1.29 is 22.7 Å². The Morgan fingerprint density at radius 1 is 1.32 bits per heavy atom. The molecule has 0 fully saturated rings. The number of rotatable bonds is 3. The molecule has 2 aromatic heterocycles. The number of anilines is 1. The Morgan fingerprint density at radius 3 is 2.82 bits per heavy atom. The highest BCUT2D eigenvalue weighted by Crippen LogP contribution is 2.27. The van der Waals surface area contributed by atoms with Crippen molar-refractivity contribution >= 4 is 33.3 Å². The fourth-order valence-electron chi connectivity index (χ4n) is 1.82. The number of nitrogens with zero attached hydrogens (tertiary/aromatic N) is 2. The molecule has 114 valence electrons. The number of hydrogen-bond donors (Lipinski definition) is 2. The number of aromatic nitrogens is 3.